The number of likely N-dealkylation sites (tertiary alicyclic amines) is 1. The molecule has 0 unspecified atom stereocenters. The molecule has 0 spiro atoms. The van der Waals surface area contributed by atoms with Crippen LogP contribution in [0, 0.1) is 5.92 Å². The SMILES string of the molecule is O=C(CC1CCN(Cc2ccccc2)CC1)c1cccc(OC2CCN(c3ccc(C(F)(F)F)cc3)CC2)c1. The normalized spacial score (nSPS) is 17.8. The molecule has 5 rings (SSSR count). The van der Waals surface area contributed by atoms with Gasteiger partial charge in [0.2, 0.25) is 0 Å². The van der Waals surface area contributed by atoms with Crippen molar-refractivity contribution in [3.8, 4) is 5.75 Å². The lowest BCUT2D eigenvalue weighted by molar-refractivity contribution is -0.137. The minimum atomic E-state index is -4.32. The summed E-state index contributed by atoms with van der Waals surface area (Å²) >= 11 is 0. The van der Waals surface area contributed by atoms with Gasteiger partial charge < -0.3 is 9.64 Å². The molecule has 0 bridgehead atoms. The van der Waals surface area contributed by atoms with Crippen molar-refractivity contribution >= 4 is 11.5 Å². The molecule has 0 radical (unpaired) electrons. The van der Waals surface area contributed by atoms with Crippen molar-refractivity contribution in [2.24, 2.45) is 5.92 Å². The van der Waals surface area contributed by atoms with Crippen molar-refractivity contribution in [2.45, 2.75) is 50.9 Å². The summed E-state index contributed by atoms with van der Waals surface area (Å²) in [5.74, 6) is 1.27. The van der Waals surface area contributed by atoms with Crippen LogP contribution in [0.2, 0.25) is 0 Å². The van der Waals surface area contributed by atoms with Gasteiger partial charge in [-0.25, -0.2) is 0 Å². The number of rotatable bonds is 8. The van der Waals surface area contributed by atoms with E-state index >= 15 is 0 Å². The van der Waals surface area contributed by atoms with E-state index in [-0.39, 0.29) is 11.9 Å². The van der Waals surface area contributed by atoms with E-state index in [1.165, 1.54) is 17.7 Å². The van der Waals surface area contributed by atoms with Gasteiger partial charge in [-0.15, -0.1) is 0 Å². The van der Waals surface area contributed by atoms with E-state index < -0.39 is 11.7 Å². The summed E-state index contributed by atoms with van der Waals surface area (Å²) in [5, 5.41) is 0. The molecule has 2 aliphatic rings. The van der Waals surface area contributed by atoms with Gasteiger partial charge in [-0.05, 0) is 73.8 Å². The van der Waals surface area contributed by atoms with Crippen molar-refractivity contribution in [1.29, 1.82) is 0 Å². The average Bonchev–Trinajstić information content (AvgIpc) is 2.95. The molecule has 206 valence electrons. The van der Waals surface area contributed by atoms with Crippen LogP contribution in [0.3, 0.4) is 0 Å². The Bertz CT molecular complexity index is 1210. The van der Waals surface area contributed by atoms with Gasteiger partial charge in [0.25, 0.3) is 0 Å². The van der Waals surface area contributed by atoms with E-state index in [0.29, 0.717) is 36.7 Å². The van der Waals surface area contributed by atoms with E-state index in [0.717, 1.165) is 63.1 Å². The first-order valence-corrected chi connectivity index (χ1v) is 13.8. The maximum Gasteiger partial charge on any atom is 0.416 e. The van der Waals surface area contributed by atoms with E-state index in [1.54, 1.807) is 0 Å². The second-order valence-electron chi connectivity index (χ2n) is 10.7. The summed E-state index contributed by atoms with van der Waals surface area (Å²) in [6.45, 7) is 4.40. The average molecular weight is 537 g/mol. The molecule has 2 fully saturated rings. The van der Waals surface area contributed by atoms with Gasteiger partial charge in [0, 0.05) is 50.1 Å². The van der Waals surface area contributed by atoms with Crippen LogP contribution < -0.4 is 9.64 Å². The van der Waals surface area contributed by atoms with Crippen LogP contribution in [0.5, 0.6) is 5.75 Å². The van der Waals surface area contributed by atoms with Crippen molar-refractivity contribution in [3.63, 3.8) is 0 Å². The Hall–Kier alpha value is -3.32. The molecule has 0 N–H and O–H groups in total. The molecule has 0 atom stereocenters. The number of nitrogens with zero attached hydrogens (tertiary/aromatic N) is 2. The maximum absolute atomic E-state index is 13.1. The standard InChI is InChI=1S/C32H35F3N2O2/c33-32(34,35)27-9-11-28(12-10-27)37-19-15-29(16-20-37)39-30-8-4-7-26(22-30)31(38)21-24-13-17-36(18-14-24)23-25-5-2-1-3-6-25/h1-12,22,24,29H,13-21,23H2. The van der Waals surface area contributed by atoms with Crippen molar-refractivity contribution in [2.75, 3.05) is 31.1 Å². The molecule has 0 aliphatic carbocycles. The molecule has 0 saturated carbocycles. The number of alkyl halides is 3. The number of carbonyl (C=O) groups is 1. The number of piperidine rings is 2. The lowest BCUT2D eigenvalue weighted by atomic mass is 9.89. The minimum absolute atomic E-state index is 0.00925. The third-order valence-corrected chi connectivity index (χ3v) is 7.89. The van der Waals surface area contributed by atoms with Crippen molar-refractivity contribution in [1.82, 2.24) is 4.90 Å². The summed E-state index contributed by atoms with van der Waals surface area (Å²) in [5.41, 5.74) is 2.18. The van der Waals surface area contributed by atoms with Crippen molar-refractivity contribution in [3.05, 3.63) is 95.6 Å². The van der Waals surface area contributed by atoms with Crippen LogP contribution in [0.1, 0.15) is 53.6 Å². The Labute approximate surface area is 228 Å². The second kappa shape index (κ2) is 12.2. The Morgan fingerprint density at radius 1 is 0.821 bits per heavy atom. The van der Waals surface area contributed by atoms with Crippen LogP contribution in [0.15, 0.2) is 78.9 Å². The van der Waals surface area contributed by atoms with Gasteiger partial charge >= 0.3 is 6.18 Å². The van der Waals surface area contributed by atoms with E-state index in [2.05, 4.69) is 34.1 Å². The predicted octanol–water partition coefficient (Wildman–Crippen LogP) is 7.24. The molecular weight excluding hydrogens is 501 g/mol. The lowest BCUT2D eigenvalue weighted by Crippen LogP contribution is -2.38. The number of hydrogen-bond donors (Lipinski definition) is 0. The minimum Gasteiger partial charge on any atom is -0.490 e. The molecular formula is C32H35F3N2O2. The number of anilines is 1. The topological polar surface area (TPSA) is 32.8 Å². The Kier molecular flexibility index (Phi) is 8.56. The van der Waals surface area contributed by atoms with Crippen LogP contribution in [0.25, 0.3) is 0 Å². The molecule has 2 heterocycles. The maximum atomic E-state index is 13.1. The zero-order chi connectivity index (χ0) is 27.2. The van der Waals surface area contributed by atoms with Crippen LogP contribution >= 0.6 is 0 Å². The van der Waals surface area contributed by atoms with E-state index in [1.807, 2.05) is 30.3 Å². The fourth-order valence-corrected chi connectivity index (χ4v) is 5.60. The third kappa shape index (κ3) is 7.41. The van der Waals surface area contributed by atoms with Gasteiger partial charge in [-0.2, -0.15) is 13.2 Å². The highest BCUT2D eigenvalue weighted by molar-refractivity contribution is 5.96. The summed E-state index contributed by atoms with van der Waals surface area (Å²) in [6, 6.07) is 23.3. The third-order valence-electron chi connectivity index (χ3n) is 7.89. The molecule has 3 aromatic carbocycles. The van der Waals surface area contributed by atoms with Gasteiger partial charge in [0.15, 0.2) is 5.78 Å². The Balaban J connectivity index is 1.08. The number of halogens is 3. The van der Waals surface area contributed by atoms with Gasteiger partial charge in [-0.1, -0.05) is 42.5 Å². The molecule has 0 amide bonds. The molecule has 4 nitrogen and oxygen atoms in total. The second-order valence-corrected chi connectivity index (χ2v) is 10.7. The van der Waals surface area contributed by atoms with Crippen molar-refractivity contribution < 1.29 is 22.7 Å². The Morgan fingerprint density at radius 2 is 1.51 bits per heavy atom. The van der Waals surface area contributed by atoms with Crippen LogP contribution in [0.4, 0.5) is 18.9 Å². The lowest BCUT2D eigenvalue weighted by Gasteiger charge is -2.34. The zero-order valence-electron chi connectivity index (χ0n) is 22.1. The molecule has 2 aliphatic heterocycles. The van der Waals surface area contributed by atoms with Gasteiger partial charge in [0.05, 0.1) is 5.56 Å². The molecule has 2 saturated heterocycles. The highest BCUT2D eigenvalue weighted by Gasteiger charge is 2.30. The first-order chi connectivity index (χ1) is 18.8. The number of ketones is 1. The number of carbonyl (C=O) groups excluding carboxylic acids is 1. The zero-order valence-corrected chi connectivity index (χ0v) is 22.1. The number of hydrogen-bond acceptors (Lipinski definition) is 4. The molecule has 0 aromatic heterocycles. The monoisotopic (exact) mass is 536 g/mol. The number of benzene rings is 3. The summed E-state index contributed by atoms with van der Waals surface area (Å²) in [6.07, 6.45) is -0.154. The summed E-state index contributed by atoms with van der Waals surface area (Å²) < 4.78 is 44.8. The number of Topliss-reactive ketones (excluding diaryl/α,β-unsaturated/α-hetero) is 1. The van der Waals surface area contributed by atoms with Gasteiger partial charge in [0.1, 0.15) is 11.9 Å². The van der Waals surface area contributed by atoms with Crippen LogP contribution in [-0.4, -0.2) is 43.0 Å². The first-order valence-electron chi connectivity index (χ1n) is 13.8. The van der Waals surface area contributed by atoms with E-state index in [9.17, 15) is 18.0 Å². The van der Waals surface area contributed by atoms with Crippen LogP contribution in [-0.2, 0) is 12.7 Å². The fourth-order valence-electron chi connectivity index (χ4n) is 5.60. The smallest absolute Gasteiger partial charge is 0.416 e. The predicted molar refractivity (Wildman–Crippen MR) is 147 cm³/mol. The largest absolute Gasteiger partial charge is 0.490 e. The summed E-state index contributed by atoms with van der Waals surface area (Å²) in [7, 11) is 0. The summed E-state index contributed by atoms with van der Waals surface area (Å²) in [4.78, 5) is 17.6. The fraction of sp³-hybridized carbons (Fsp3) is 0.406. The quantitative estimate of drug-likeness (QED) is 0.284. The van der Waals surface area contributed by atoms with Gasteiger partial charge in [-0.3, -0.25) is 9.69 Å². The highest BCUT2D eigenvalue weighted by atomic mass is 19.4. The highest BCUT2D eigenvalue weighted by Crippen LogP contribution is 2.32. The number of ether oxygens (including phenoxy) is 1. The first kappa shape index (κ1) is 27.3. The Morgan fingerprint density at radius 3 is 2.18 bits per heavy atom. The van der Waals surface area contributed by atoms with E-state index in [4.69, 9.17) is 4.74 Å². The molecule has 3 aromatic rings. The molecule has 7 heteroatoms. The molecule has 39 heavy (non-hydrogen) atoms.